The monoisotopic (exact) mass is 529 g/mol. The highest BCUT2D eigenvalue weighted by Gasteiger charge is 2.22. The first-order valence-corrected chi connectivity index (χ1v) is 14.3. The summed E-state index contributed by atoms with van der Waals surface area (Å²) in [6.07, 6.45) is 3.36. The van der Waals surface area contributed by atoms with E-state index in [0.717, 1.165) is 70.4 Å². The quantitative estimate of drug-likeness (QED) is 0.162. The Balaban J connectivity index is 1.36. The van der Waals surface area contributed by atoms with Gasteiger partial charge in [-0.15, -0.1) is 11.3 Å². The normalized spacial score (nSPS) is 15.7. The van der Waals surface area contributed by atoms with E-state index in [2.05, 4.69) is 18.7 Å². The minimum absolute atomic E-state index is 0.0437. The van der Waals surface area contributed by atoms with Crippen LogP contribution in [0.5, 0.6) is 17.2 Å². The molecule has 1 N–H and O–H groups in total. The van der Waals surface area contributed by atoms with E-state index >= 15 is 0 Å². The summed E-state index contributed by atoms with van der Waals surface area (Å²) in [7, 11) is 0. The Kier molecular flexibility index (Phi) is 8.30. The van der Waals surface area contributed by atoms with Gasteiger partial charge in [0, 0.05) is 39.2 Å². The summed E-state index contributed by atoms with van der Waals surface area (Å²) < 4.78 is 12.7. The van der Waals surface area contributed by atoms with E-state index in [-0.39, 0.29) is 11.5 Å². The number of fused-ring (bicyclic) bond motifs is 1. The van der Waals surface area contributed by atoms with Crippen LogP contribution in [0.15, 0.2) is 66.7 Å². The van der Waals surface area contributed by atoms with Crippen LogP contribution in [0.2, 0.25) is 0 Å². The van der Waals surface area contributed by atoms with Crippen molar-refractivity contribution >= 4 is 27.2 Å². The average Bonchev–Trinajstić information content (AvgIpc) is 3.52. The Morgan fingerprint density at radius 3 is 2.39 bits per heavy atom. The molecule has 2 heterocycles. The Bertz CT molecular complexity index is 1380. The van der Waals surface area contributed by atoms with Gasteiger partial charge in [0.25, 0.3) is 0 Å². The van der Waals surface area contributed by atoms with Gasteiger partial charge in [-0.05, 0) is 97.6 Å². The highest BCUT2D eigenvalue weighted by Crippen LogP contribution is 2.41. The van der Waals surface area contributed by atoms with Crippen molar-refractivity contribution in [3.05, 3.63) is 77.9 Å². The molecule has 1 unspecified atom stereocenters. The molecule has 4 aromatic rings. The van der Waals surface area contributed by atoms with Crippen LogP contribution in [-0.4, -0.2) is 48.6 Å². The SMILES string of the molecule is CCCCOc1ccc(-c2sc3cc(O)ccc3c2C(=O)c2ccc(OCCN3CCC(C)C3)cc2)cc1. The molecule has 0 aliphatic carbocycles. The topological polar surface area (TPSA) is 59.0 Å². The lowest BCUT2D eigenvalue weighted by Gasteiger charge is -2.15. The number of nitrogens with zero attached hydrogens (tertiary/aromatic N) is 1. The second kappa shape index (κ2) is 12.0. The molecule has 5 nitrogen and oxygen atoms in total. The molecular formula is C32H35NO4S. The zero-order chi connectivity index (χ0) is 26.5. The van der Waals surface area contributed by atoms with Crippen LogP contribution < -0.4 is 9.47 Å². The summed E-state index contributed by atoms with van der Waals surface area (Å²) >= 11 is 1.52. The average molecular weight is 530 g/mol. The number of likely N-dealkylation sites (tertiary alicyclic amines) is 1. The van der Waals surface area contributed by atoms with Gasteiger partial charge in [0.05, 0.1) is 6.61 Å². The minimum Gasteiger partial charge on any atom is -0.508 e. The van der Waals surface area contributed by atoms with Gasteiger partial charge in [-0.25, -0.2) is 0 Å². The Morgan fingerprint density at radius 2 is 1.71 bits per heavy atom. The van der Waals surface area contributed by atoms with Gasteiger partial charge >= 0.3 is 0 Å². The Morgan fingerprint density at radius 1 is 1.00 bits per heavy atom. The maximum atomic E-state index is 13.8. The van der Waals surface area contributed by atoms with Gasteiger partial charge in [-0.3, -0.25) is 9.69 Å². The van der Waals surface area contributed by atoms with Gasteiger partial charge in [-0.2, -0.15) is 0 Å². The number of aromatic hydroxyl groups is 1. The molecule has 1 fully saturated rings. The van der Waals surface area contributed by atoms with Crippen molar-refractivity contribution in [2.24, 2.45) is 5.92 Å². The third kappa shape index (κ3) is 6.03. The number of hydrogen-bond acceptors (Lipinski definition) is 6. The summed E-state index contributed by atoms with van der Waals surface area (Å²) in [6, 6.07) is 20.5. The summed E-state index contributed by atoms with van der Waals surface area (Å²) in [6.45, 7) is 8.96. The number of phenolic OH excluding ortho intramolecular Hbond substituents is 1. The number of unbranched alkanes of at least 4 members (excludes halogenated alkanes) is 1. The first-order chi connectivity index (χ1) is 18.5. The second-order valence-corrected chi connectivity index (χ2v) is 11.2. The fourth-order valence-corrected chi connectivity index (χ4v) is 6.16. The number of hydrogen-bond donors (Lipinski definition) is 1. The van der Waals surface area contributed by atoms with E-state index in [1.165, 1.54) is 17.8 Å². The van der Waals surface area contributed by atoms with Crippen LogP contribution >= 0.6 is 11.3 Å². The number of benzene rings is 3. The fourth-order valence-electron chi connectivity index (χ4n) is 4.92. The zero-order valence-electron chi connectivity index (χ0n) is 22.1. The lowest BCUT2D eigenvalue weighted by Crippen LogP contribution is -2.25. The molecule has 0 bridgehead atoms. The number of carbonyl (C=O) groups is 1. The molecule has 3 aromatic carbocycles. The lowest BCUT2D eigenvalue weighted by molar-refractivity contribution is 0.104. The second-order valence-electron chi connectivity index (χ2n) is 10.1. The largest absolute Gasteiger partial charge is 0.508 e. The highest BCUT2D eigenvalue weighted by molar-refractivity contribution is 7.22. The number of carbonyl (C=O) groups excluding carboxylic acids is 1. The van der Waals surface area contributed by atoms with Crippen LogP contribution in [0.3, 0.4) is 0 Å². The fraction of sp³-hybridized carbons (Fsp3) is 0.344. The number of ether oxygens (including phenoxy) is 2. The van der Waals surface area contributed by atoms with E-state index in [1.807, 2.05) is 54.6 Å². The van der Waals surface area contributed by atoms with Crippen LogP contribution in [0.25, 0.3) is 20.5 Å². The van der Waals surface area contributed by atoms with Crippen molar-refractivity contribution in [3.63, 3.8) is 0 Å². The smallest absolute Gasteiger partial charge is 0.195 e. The van der Waals surface area contributed by atoms with Crippen LogP contribution in [0.4, 0.5) is 0 Å². The van der Waals surface area contributed by atoms with Crippen molar-refractivity contribution < 1.29 is 19.4 Å². The Labute approximate surface area is 228 Å². The standard InChI is InChI=1S/C32H35NO4S/c1-3-4-18-36-26-12-7-24(8-13-26)32-30(28-14-9-25(34)20-29(28)38-32)31(35)23-5-10-27(11-6-23)37-19-17-33-16-15-22(2)21-33/h5-14,20,22,34H,3-4,15-19,21H2,1-2H3. The van der Waals surface area contributed by atoms with Crippen LogP contribution in [0, 0.1) is 5.92 Å². The third-order valence-electron chi connectivity index (χ3n) is 7.08. The van der Waals surface area contributed by atoms with E-state index in [4.69, 9.17) is 9.47 Å². The molecule has 6 heteroatoms. The van der Waals surface area contributed by atoms with Gasteiger partial charge in [0.2, 0.25) is 0 Å². The zero-order valence-corrected chi connectivity index (χ0v) is 22.9. The summed E-state index contributed by atoms with van der Waals surface area (Å²) in [5.74, 6) is 2.50. The van der Waals surface area contributed by atoms with Crippen molar-refractivity contribution in [2.45, 2.75) is 33.1 Å². The highest BCUT2D eigenvalue weighted by atomic mass is 32.1. The van der Waals surface area contributed by atoms with Crippen LogP contribution in [-0.2, 0) is 0 Å². The van der Waals surface area contributed by atoms with E-state index in [1.54, 1.807) is 12.1 Å². The predicted octanol–water partition coefficient (Wildman–Crippen LogP) is 7.40. The molecule has 0 radical (unpaired) electrons. The van der Waals surface area contributed by atoms with Gasteiger partial charge in [0.1, 0.15) is 23.9 Å². The van der Waals surface area contributed by atoms with Crippen molar-refractivity contribution in [1.82, 2.24) is 4.90 Å². The molecule has 198 valence electrons. The van der Waals surface area contributed by atoms with Gasteiger partial charge in [0.15, 0.2) is 5.78 Å². The van der Waals surface area contributed by atoms with Gasteiger partial charge in [-0.1, -0.05) is 20.3 Å². The molecule has 38 heavy (non-hydrogen) atoms. The molecule has 1 aliphatic heterocycles. The Hall–Kier alpha value is -3.35. The van der Waals surface area contributed by atoms with Crippen LogP contribution in [0.1, 0.15) is 49.0 Å². The minimum atomic E-state index is -0.0437. The van der Waals surface area contributed by atoms with Crippen molar-refractivity contribution in [1.29, 1.82) is 0 Å². The number of phenols is 1. The maximum absolute atomic E-state index is 13.8. The number of thiophene rings is 1. The van der Waals surface area contributed by atoms with Gasteiger partial charge < -0.3 is 14.6 Å². The number of rotatable bonds is 11. The molecule has 1 aromatic heterocycles. The summed E-state index contributed by atoms with van der Waals surface area (Å²) in [4.78, 5) is 17.2. The molecule has 0 spiro atoms. The third-order valence-corrected chi connectivity index (χ3v) is 8.29. The molecule has 5 rings (SSSR count). The van der Waals surface area contributed by atoms with E-state index in [9.17, 15) is 9.90 Å². The molecule has 1 saturated heterocycles. The molecule has 1 atom stereocenters. The maximum Gasteiger partial charge on any atom is 0.195 e. The summed E-state index contributed by atoms with van der Waals surface area (Å²) in [5.41, 5.74) is 2.22. The van der Waals surface area contributed by atoms with E-state index < -0.39 is 0 Å². The van der Waals surface area contributed by atoms with Crippen molar-refractivity contribution in [3.8, 4) is 27.7 Å². The first-order valence-electron chi connectivity index (χ1n) is 13.5. The van der Waals surface area contributed by atoms with Crippen molar-refractivity contribution in [2.75, 3.05) is 32.8 Å². The first kappa shape index (κ1) is 26.3. The molecular weight excluding hydrogens is 494 g/mol. The lowest BCUT2D eigenvalue weighted by atomic mass is 9.97. The summed E-state index contributed by atoms with van der Waals surface area (Å²) in [5, 5.41) is 10.9. The number of ketones is 1. The predicted molar refractivity (Wildman–Crippen MR) is 155 cm³/mol. The van der Waals surface area contributed by atoms with E-state index in [0.29, 0.717) is 24.3 Å². The molecule has 0 amide bonds. The molecule has 0 saturated carbocycles. The molecule has 1 aliphatic rings.